The molecule has 0 aliphatic carbocycles. The van der Waals surface area contributed by atoms with E-state index in [0.717, 1.165) is 49.1 Å². The Morgan fingerprint density at radius 2 is 1.72 bits per heavy atom. The van der Waals surface area contributed by atoms with Crippen molar-refractivity contribution in [2.45, 2.75) is 19.4 Å². The molecule has 0 N–H and O–H groups in total. The van der Waals surface area contributed by atoms with Gasteiger partial charge in [0, 0.05) is 56.4 Å². The van der Waals surface area contributed by atoms with Crippen LogP contribution in [0.1, 0.15) is 17.5 Å². The number of pyridine rings is 3. The van der Waals surface area contributed by atoms with Gasteiger partial charge in [-0.25, -0.2) is 0 Å². The van der Waals surface area contributed by atoms with Crippen LogP contribution >= 0.6 is 0 Å². The molecule has 1 aromatic carbocycles. The second-order valence-corrected chi connectivity index (χ2v) is 7.90. The number of aryl methyl sites for hydroxylation is 2. The molecule has 0 saturated heterocycles. The molecule has 4 aromatic rings. The van der Waals surface area contributed by atoms with Crippen molar-refractivity contribution in [3.63, 3.8) is 0 Å². The minimum atomic E-state index is -0.0107. The van der Waals surface area contributed by atoms with Crippen LogP contribution in [0.2, 0.25) is 0 Å². The third kappa shape index (κ3) is 5.80. The first kappa shape index (κ1) is 21.7. The Morgan fingerprint density at radius 3 is 2.47 bits per heavy atom. The molecule has 6 heteroatoms. The van der Waals surface area contributed by atoms with E-state index in [9.17, 15) is 4.79 Å². The molecule has 3 aromatic heterocycles. The molecule has 0 atom stereocenters. The summed E-state index contributed by atoms with van der Waals surface area (Å²) in [5, 5.41) is 0.994. The lowest BCUT2D eigenvalue weighted by molar-refractivity contribution is 0.201. The van der Waals surface area contributed by atoms with E-state index >= 15 is 0 Å². The van der Waals surface area contributed by atoms with Gasteiger partial charge in [0.25, 0.3) is 5.56 Å². The van der Waals surface area contributed by atoms with Crippen molar-refractivity contribution in [3.05, 3.63) is 101 Å². The summed E-state index contributed by atoms with van der Waals surface area (Å²) in [6.07, 6.45) is 9.51. The molecule has 0 amide bonds. The van der Waals surface area contributed by atoms with E-state index in [1.54, 1.807) is 23.9 Å². The number of benzene rings is 1. The van der Waals surface area contributed by atoms with Gasteiger partial charge in [0.05, 0.1) is 5.52 Å². The monoisotopic (exact) mass is 428 g/mol. The highest BCUT2D eigenvalue weighted by Gasteiger charge is 2.08. The molecular formula is C26H28N4O2. The Kier molecular flexibility index (Phi) is 7.25. The molecular weight excluding hydrogens is 400 g/mol. The van der Waals surface area contributed by atoms with Crippen LogP contribution in [-0.4, -0.2) is 39.1 Å². The number of aromatic nitrogens is 3. The second kappa shape index (κ2) is 10.7. The molecule has 164 valence electrons. The number of ether oxygens (including phenoxy) is 1. The van der Waals surface area contributed by atoms with Crippen LogP contribution in [0.15, 0.2) is 84.2 Å². The minimum Gasteiger partial charge on any atom is -0.492 e. The summed E-state index contributed by atoms with van der Waals surface area (Å²) in [7, 11) is 1.78. The molecule has 0 aliphatic rings. The maximum atomic E-state index is 11.8. The standard InChI is InChI=1S/C26H28N4O2/c1-29-25-10-9-24(17-23(25)8-11-26(29)31)32-16-15-30(20-22-6-3-13-28-19-22)14-4-7-21-5-2-12-27-18-21/h2-3,5-6,8-13,17-19H,4,7,14-16,20H2,1H3. The summed E-state index contributed by atoms with van der Waals surface area (Å²) >= 11 is 0. The topological polar surface area (TPSA) is 60.2 Å². The second-order valence-electron chi connectivity index (χ2n) is 7.90. The van der Waals surface area contributed by atoms with Gasteiger partial charge in [0.2, 0.25) is 0 Å². The van der Waals surface area contributed by atoms with E-state index in [4.69, 9.17) is 4.74 Å². The Balaban J connectivity index is 1.36. The molecule has 3 heterocycles. The molecule has 32 heavy (non-hydrogen) atoms. The van der Waals surface area contributed by atoms with E-state index < -0.39 is 0 Å². The SMILES string of the molecule is Cn1c(=O)ccc2cc(OCCN(CCCc3cccnc3)Cc3cccnc3)ccc21. The van der Waals surface area contributed by atoms with E-state index in [1.165, 1.54) is 11.1 Å². The van der Waals surface area contributed by atoms with Gasteiger partial charge in [-0.05, 0) is 66.9 Å². The Labute approximate surface area is 188 Å². The Bertz CT molecular complexity index is 1190. The van der Waals surface area contributed by atoms with Gasteiger partial charge in [-0.1, -0.05) is 12.1 Å². The normalized spacial score (nSPS) is 11.2. The van der Waals surface area contributed by atoms with Crippen LogP contribution in [-0.2, 0) is 20.0 Å². The van der Waals surface area contributed by atoms with E-state index in [1.807, 2.05) is 55.0 Å². The summed E-state index contributed by atoms with van der Waals surface area (Å²) in [6, 6.07) is 17.5. The summed E-state index contributed by atoms with van der Waals surface area (Å²) in [6.45, 7) is 3.20. The number of rotatable bonds is 10. The first-order valence-electron chi connectivity index (χ1n) is 10.9. The van der Waals surface area contributed by atoms with Crippen molar-refractivity contribution in [2.75, 3.05) is 19.7 Å². The summed E-state index contributed by atoms with van der Waals surface area (Å²) in [5.41, 5.74) is 3.35. The van der Waals surface area contributed by atoms with Crippen LogP contribution < -0.4 is 10.3 Å². The highest BCUT2D eigenvalue weighted by Crippen LogP contribution is 2.19. The van der Waals surface area contributed by atoms with Gasteiger partial charge in [-0.2, -0.15) is 0 Å². The van der Waals surface area contributed by atoms with Crippen molar-refractivity contribution in [3.8, 4) is 5.75 Å². The number of hydrogen-bond acceptors (Lipinski definition) is 5. The predicted molar refractivity (Wildman–Crippen MR) is 127 cm³/mol. The highest BCUT2D eigenvalue weighted by atomic mass is 16.5. The van der Waals surface area contributed by atoms with Gasteiger partial charge in [-0.3, -0.25) is 19.7 Å². The van der Waals surface area contributed by atoms with Crippen molar-refractivity contribution < 1.29 is 4.74 Å². The average molecular weight is 429 g/mol. The van der Waals surface area contributed by atoms with Gasteiger partial charge in [-0.15, -0.1) is 0 Å². The van der Waals surface area contributed by atoms with E-state index in [2.05, 4.69) is 27.0 Å². The van der Waals surface area contributed by atoms with Crippen LogP contribution in [0.3, 0.4) is 0 Å². The first-order valence-corrected chi connectivity index (χ1v) is 10.9. The van der Waals surface area contributed by atoms with Gasteiger partial charge in [0.15, 0.2) is 0 Å². The van der Waals surface area contributed by atoms with Crippen LogP contribution in [0.4, 0.5) is 0 Å². The molecule has 0 saturated carbocycles. The maximum Gasteiger partial charge on any atom is 0.250 e. The molecule has 4 rings (SSSR count). The molecule has 0 radical (unpaired) electrons. The zero-order chi connectivity index (χ0) is 22.2. The molecule has 0 spiro atoms. The van der Waals surface area contributed by atoms with Gasteiger partial charge in [0.1, 0.15) is 12.4 Å². The van der Waals surface area contributed by atoms with Crippen LogP contribution in [0, 0.1) is 0 Å². The third-order valence-electron chi connectivity index (χ3n) is 5.56. The average Bonchev–Trinajstić information content (AvgIpc) is 2.83. The fraction of sp³-hybridized carbons (Fsp3) is 0.269. The van der Waals surface area contributed by atoms with Gasteiger partial charge >= 0.3 is 0 Å². The van der Waals surface area contributed by atoms with Crippen molar-refractivity contribution in [2.24, 2.45) is 7.05 Å². The molecule has 0 aliphatic heterocycles. The Morgan fingerprint density at radius 1 is 0.938 bits per heavy atom. The summed E-state index contributed by atoms with van der Waals surface area (Å²) in [5.74, 6) is 0.813. The largest absolute Gasteiger partial charge is 0.492 e. The van der Waals surface area contributed by atoms with Crippen molar-refractivity contribution in [1.82, 2.24) is 19.4 Å². The molecule has 6 nitrogen and oxygen atoms in total. The minimum absolute atomic E-state index is 0.0107. The molecule has 0 fully saturated rings. The first-order chi connectivity index (χ1) is 15.7. The zero-order valence-electron chi connectivity index (χ0n) is 18.4. The molecule has 0 unspecified atom stereocenters. The Hall–Kier alpha value is -3.51. The fourth-order valence-electron chi connectivity index (χ4n) is 3.82. The third-order valence-corrected chi connectivity index (χ3v) is 5.56. The maximum absolute atomic E-state index is 11.8. The van der Waals surface area contributed by atoms with Crippen molar-refractivity contribution >= 4 is 10.9 Å². The number of hydrogen-bond donors (Lipinski definition) is 0. The lowest BCUT2D eigenvalue weighted by Gasteiger charge is -2.22. The van der Waals surface area contributed by atoms with Gasteiger partial charge < -0.3 is 9.30 Å². The quantitative estimate of drug-likeness (QED) is 0.384. The van der Waals surface area contributed by atoms with E-state index in [0.29, 0.717) is 6.61 Å². The van der Waals surface area contributed by atoms with Crippen LogP contribution in [0.5, 0.6) is 5.75 Å². The summed E-state index contributed by atoms with van der Waals surface area (Å²) in [4.78, 5) is 22.7. The van der Waals surface area contributed by atoms with Crippen LogP contribution in [0.25, 0.3) is 10.9 Å². The lowest BCUT2D eigenvalue weighted by Crippen LogP contribution is -2.29. The lowest BCUT2D eigenvalue weighted by atomic mass is 10.1. The predicted octanol–water partition coefficient (Wildman–Crippen LogP) is 3.84. The smallest absolute Gasteiger partial charge is 0.250 e. The number of fused-ring (bicyclic) bond motifs is 1. The molecule has 0 bridgehead atoms. The zero-order valence-corrected chi connectivity index (χ0v) is 18.4. The summed E-state index contributed by atoms with van der Waals surface area (Å²) < 4.78 is 7.71. The highest BCUT2D eigenvalue weighted by molar-refractivity contribution is 5.80. The number of nitrogens with zero attached hydrogens (tertiary/aromatic N) is 4. The van der Waals surface area contributed by atoms with Crippen molar-refractivity contribution in [1.29, 1.82) is 0 Å². The van der Waals surface area contributed by atoms with E-state index in [-0.39, 0.29) is 5.56 Å². The fourth-order valence-corrected chi connectivity index (χ4v) is 3.82.